The Hall–Kier alpha value is -1.43. The summed E-state index contributed by atoms with van der Waals surface area (Å²) in [5.74, 6) is 0.168. The first-order valence-corrected chi connectivity index (χ1v) is 4.54. The predicted molar refractivity (Wildman–Crippen MR) is 52.0 cm³/mol. The van der Waals surface area contributed by atoms with Crippen molar-refractivity contribution in [2.75, 3.05) is 26.2 Å². The van der Waals surface area contributed by atoms with Crippen molar-refractivity contribution >= 4 is 18.2 Å². The average Bonchev–Trinajstić information content (AvgIpc) is 2.21. The van der Waals surface area contributed by atoms with Gasteiger partial charge in [0.1, 0.15) is 0 Å². The average molecular weight is 198 g/mol. The third-order valence-electron chi connectivity index (χ3n) is 1.69. The maximum Gasteiger partial charge on any atom is 0.234 e. The number of rotatable bonds is 0. The summed E-state index contributed by atoms with van der Waals surface area (Å²) >= 11 is 0. The van der Waals surface area contributed by atoms with Crippen LogP contribution in [-0.2, 0) is 9.59 Å². The molecule has 0 bridgehead atoms. The van der Waals surface area contributed by atoms with Crippen LogP contribution in [0, 0.1) is 0 Å². The van der Waals surface area contributed by atoms with Gasteiger partial charge in [0.15, 0.2) is 0 Å². The van der Waals surface area contributed by atoms with E-state index in [1.165, 1.54) is 6.34 Å². The molecule has 2 amide bonds. The lowest BCUT2D eigenvalue weighted by atomic mass is 10.4. The van der Waals surface area contributed by atoms with Gasteiger partial charge in [0, 0.05) is 26.1 Å². The van der Waals surface area contributed by atoms with Crippen LogP contribution in [-0.4, -0.2) is 44.3 Å². The number of hydrogen-bond donors (Lipinski definition) is 3. The Kier molecular flexibility index (Phi) is 4.63. The van der Waals surface area contributed by atoms with Crippen molar-refractivity contribution in [1.82, 2.24) is 16.0 Å². The summed E-state index contributed by atoms with van der Waals surface area (Å²) in [4.78, 5) is 24.3. The highest BCUT2D eigenvalue weighted by Gasteiger charge is 2.02. The molecule has 3 N–H and O–H groups in total. The van der Waals surface area contributed by atoms with Gasteiger partial charge in [0.25, 0.3) is 0 Å². The molecular formula is C8H14N4O2. The molecule has 2 heterocycles. The normalized spacial score (nSPS) is 20.3. The third-order valence-corrected chi connectivity index (χ3v) is 1.69. The van der Waals surface area contributed by atoms with Crippen LogP contribution >= 0.6 is 0 Å². The first-order valence-electron chi connectivity index (χ1n) is 4.54. The Bertz CT molecular complexity index is 231. The second-order valence-corrected chi connectivity index (χ2v) is 2.88. The second kappa shape index (κ2) is 6.09. The molecule has 0 radical (unpaired) electrons. The molecule has 0 aromatic rings. The minimum atomic E-state index is 0.0648. The van der Waals surface area contributed by atoms with E-state index in [2.05, 4.69) is 20.9 Å². The summed E-state index contributed by atoms with van der Waals surface area (Å²) < 4.78 is 0. The first-order chi connectivity index (χ1) is 6.79. The molecule has 0 unspecified atom stereocenters. The summed E-state index contributed by atoms with van der Waals surface area (Å²) in [6.07, 6.45) is 1.97. The second-order valence-electron chi connectivity index (χ2n) is 2.88. The minimum Gasteiger partial charge on any atom is -0.354 e. The third kappa shape index (κ3) is 4.56. The van der Waals surface area contributed by atoms with Crippen LogP contribution in [0.3, 0.4) is 0 Å². The van der Waals surface area contributed by atoms with E-state index in [4.69, 9.17) is 0 Å². The molecule has 78 valence electrons. The highest BCUT2D eigenvalue weighted by Crippen LogP contribution is 1.83. The summed E-state index contributed by atoms with van der Waals surface area (Å²) in [5, 5.41) is 8.05. The van der Waals surface area contributed by atoms with Gasteiger partial charge in [0.2, 0.25) is 11.8 Å². The van der Waals surface area contributed by atoms with Crippen LogP contribution in [0.25, 0.3) is 0 Å². The summed E-state index contributed by atoms with van der Waals surface area (Å²) in [6.45, 7) is 2.82. The number of carbonyl (C=O) groups is 2. The predicted octanol–water partition coefficient (Wildman–Crippen LogP) is -1.76. The lowest BCUT2D eigenvalue weighted by Crippen LogP contribution is -2.44. The maximum absolute atomic E-state index is 10.3. The monoisotopic (exact) mass is 198 g/mol. The van der Waals surface area contributed by atoms with Crippen molar-refractivity contribution < 1.29 is 9.59 Å². The fourth-order valence-corrected chi connectivity index (χ4v) is 0.975. The van der Waals surface area contributed by atoms with E-state index in [0.29, 0.717) is 19.5 Å². The largest absolute Gasteiger partial charge is 0.354 e. The molecule has 1 fully saturated rings. The quantitative estimate of drug-likeness (QED) is 0.431. The summed E-state index contributed by atoms with van der Waals surface area (Å²) in [5.41, 5.74) is 0. The maximum atomic E-state index is 10.3. The zero-order chi connectivity index (χ0) is 10.2. The van der Waals surface area contributed by atoms with Crippen molar-refractivity contribution in [3.05, 3.63) is 0 Å². The molecule has 2 rings (SSSR count). The van der Waals surface area contributed by atoms with Crippen LogP contribution in [0.2, 0.25) is 0 Å². The molecule has 14 heavy (non-hydrogen) atoms. The Morgan fingerprint density at radius 3 is 2.36 bits per heavy atom. The SMILES string of the molecule is O=C1CCN=CN1.O=C1CNCCN1. The van der Waals surface area contributed by atoms with E-state index >= 15 is 0 Å². The Labute approximate surface area is 82.2 Å². The molecule has 0 aliphatic carbocycles. The van der Waals surface area contributed by atoms with Crippen molar-refractivity contribution in [3.8, 4) is 0 Å². The molecule has 0 saturated carbocycles. The van der Waals surface area contributed by atoms with Crippen LogP contribution in [0.15, 0.2) is 4.99 Å². The number of hydrogen-bond acceptors (Lipinski definition) is 4. The van der Waals surface area contributed by atoms with E-state index < -0.39 is 0 Å². The lowest BCUT2D eigenvalue weighted by Gasteiger charge is -2.11. The van der Waals surface area contributed by atoms with E-state index in [1.807, 2.05) is 0 Å². The van der Waals surface area contributed by atoms with Crippen molar-refractivity contribution in [1.29, 1.82) is 0 Å². The van der Waals surface area contributed by atoms with Gasteiger partial charge < -0.3 is 16.0 Å². The Morgan fingerprint density at radius 2 is 2.07 bits per heavy atom. The van der Waals surface area contributed by atoms with Gasteiger partial charge in [-0.25, -0.2) is 0 Å². The minimum absolute atomic E-state index is 0.0648. The van der Waals surface area contributed by atoms with E-state index in [1.54, 1.807) is 0 Å². The molecule has 1 saturated heterocycles. The smallest absolute Gasteiger partial charge is 0.234 e. The number of piperazine rings is 1. The zero-order valence-electron chi connectivity index (χ0n) is 7.88. The number of nitrogens with zero attached hydrogens (tertiary/aromatic N) is 1. The van der Waals surface area contributed by atoms with Crippen LogP contribution in [0.4, 0.5) is 0 Å². The highest BCUT2D eigenvalue weighted by atomic mass is 16.2. The fraction of sp³-hybridized carbons (Fsp3) is 0.625. The molecule has 2 aliphatic rings. The topological polar surface area (TPSA) is 82.6 Å². The zero-order valence-corrected chi connectivity index (χ0v) is 7.88. The van der Waals surface area contributed by atoms with Gasteiger partial charge in [0.05, 0.1) is 12.9 Å². The van der Waals surface area contributed by atoms with Crippen molar-refractivity contribution in [2.24, 2.45) is 4.99 Å². The van der Waals surface area contributed by atoms with E-state index in [-0.39, 0.29) is 11.8 Å². The van der Waals surface area contributed by atoms with Crippen LogP contribution < -0.4 is 16.0 Å². The first kappa shape index (κ1) is 10.6. The van der Waals surface area contributed by atoms with Gasteiger partial charge in [-0.2, -0.15) is 0 Å². The molecular weight excluding hydrogens is 184 g/mol. The van der Waals surface area contributed by atoms with Crippen LogP contribution in [0.1, 0.15) is 6.42 Å². The molecule has 0 atom stereocenters. The van der Waals surface area contributed by atoms with Crippen molar-refractivity contribution in [3.63, 3.8) is 0 Å². The van der Waals surface area contributed by atoms with Crippen molar-refractivity contribution in [2.45, 2.75) is 6.42 Å². The van der Waals surface area contributed by atoms with Gasteiger partial charge in [-0.1, -0.05) is 0 Å². The van der Waals surface area contributed by atoms with Gasteiger partial charge in [-0.05, 0) is 0 Å². The van der Waals surface area contributed by atoms with Gasteiger partial charge >= 0.3 is 0 Å². The Morgan fingerprint density at radius 1 is 1.21 bits per heavy atom. The van der Waals surface area contributed by atoms with Crippen LogP contribution in [0.5, 0.6) is 0 Å². The number of nitrogens with one attached hydrogen (secondary N) is 3. The van der Waals surface area contributed by atoms with Gasteiger partial charge in [-0.3, -0.25) is 14.6 Å². The number of aliphatic imine (C=N–C) groups is 1. The van der Waals surface area contributed by atoms with Gasteiger partial charge in [-0.15, -0.1) is 0 Å². The molecule has 0 spiro atoms. The standard InChI is InChI=1S/C4H8N2O.C4H6N2O/c7-4-3-5-1-2-6-4;7-4-1-2-5-3-6-4/h5H,1-3H2,(H,6,7);3H,1-2H2,(H,5,6,7). The molecule has 0 aromatic carbocycles. The number of amides is 2. The summed E-state index contributed by atoms with van der Waals surface area (Å²) in [6, 6.07) is 0. The lowest BCUT2D eigenvalue weighted by molar-refractivity contribution is -0.121. The Balaban J connectivity index is 0.000000140. The van der Waals surface area contributed by atoms with E-state index in [0.717, 1.165) is 13.1 Å². The van der Waals surface area contributed by atoms with E-state index in [9.17, 15) is 9.59 Å². The molecule has 2 aliphatic heterocycles. The molecule has 0 aromatic heterocycles. The molecule has 6 heteroatoms. The summed E-state index contributed by atoms with van der Waals surface area (Å²) in [7, 11) is 0. The fourth-order valence-electron chi connectivity index (χ4n) is 0.975. The number of carbonyl (C=O) groups excluding carboxylic acids is 2. The molecule has 6 nitrogen and oxygen atoms in total. The highest BCUT2D eigenvalue weighted by molar-refractivity contribution is 5.89.